The molecule has 150 heavy (non-hydrogen) atoms. The van der Waals surface area contributed by atoms with Gasteiger partial charge in [-0.1, -0.05) is 226 Å². The van der Waals surface area contributed by atoms with E-state index < -0.39 is 0 Å². The van der Waals surface area contributed by atoms with Crippen LogP contribution in [0.2, 0.25) is 0 Å². The van der Waals surface area contributed by atoms with Crippen LogP contribution in [-0.2, 0) is 471 Å². The third kappa shape index (κ3) is 23.9. The number of aromatic hydroxyl groups is 11. The molecule has 0 aromatic heterocycles. The summed E-state index contributed by atoms with van der Waals surface area (Å²) in [6, 6.07) is 38.6. The van der Waals surface area contributed by atoms with Crippen LogP contribution in [0.4, 0.5) is 108 Å². The summed E-state index contributed by atoms with van der Waals surface area (Å²) in [5.74, 6) is 2.19. The topological polar surface area (TPSA) is 444 Å². The van der Waals surface area contributed by atoms with E-state index in [4.69, 9.17) is 40.1 Å². The van der Waals surface area contributed by atoms with Gasteiger partial charge in [-0.3, -0.25) is 0 Å². The second kappa shape index (κ2) is 52.6. The zero-order valence-corrected chi connectivity index (χ0v) is 122. The molecule has 12 heterocycles. The largest absolute Gasteiger partial charge is 0.565 e. The van der Waals surface area contributed by atoms with Crippen LogP contribution < -0.4 is 98.9 Å². The summed E-state index contributed by atoms with van der Waals surface area (Å²) in [5, 5.41) is 113. The molecule has 12 aliphatic rings. The van der Waals surface area contributed by atoms with Crippen LogP contribution in [0.25, 0.3) is 0 Å². The first kappa shape index (κ1) is 135. The number of benzene rings is 12. The fraction of sp³-hybridized carbons (Fsp3) is 0.333. The number of hydrogen-bond acceptors (Lipinski definition) is 30. The molecule has 12 aromatic carbocycles. The third-order valence-electron chi connectivity index (χ3n) is 29.6. The molecule has 0 aliphatic carbocycles. The van der Waals surface area contributed by atoms with Crippen LogP contribution in [0, 0.1) is 197 Å². The minimum Gasteiger partial charge on any atom is -0.565 e. The minimum absolute atomic E-state index is 0. The normalized spacial score (nSPS) is 14.2. The fourth-order valence-electron chi connectivity index (χ4n) is 22.8. The first-order chi connectivity index (χ1) is 65.3. The molecule has 0 saturated heterocycles. The van der Waals surface area contributed by atoms with Gasteiger partial charge in [-0.2, -0.15) is 53.6 Å². The van der Waals surface area contributed by atoms with E-state index in [1.807, 2.05) is 111 Å². The van der Waals surface area contributed by atoms with E-state index in [0.717, 1.165) is 263 Å². The summed E-state index contributed by atoms with van der Waals surface area (Å²) in [6.07, 6.45) is 0. The quantitative estimate of drug-likeness (QED) is 0.0381. The molecular formula is C108H115N19O11Y12-12. The Hall–Kier alpha value is -2.11. The molecule has 12 radical (unpaired) electrons. The van der Waals surface area contributed by atoms with Crippen molar-refractivity contribution in [2.24, 2.45) is 0 Å². The van der Waals surface area contributed by atoms with Gasteiger partial charge in [-0.05, 0) is 51.2 Å². The maximum atomic E-state index is 10.6. The number of hydrogen-bond donors (Lipinski definition) is 18. The van der Waals surface area contributed by atoms with Crippen molar-refractivity contribution in [3.05, 3.63) is 240 Å². The molecule has 12 aromatic rings. The third-order valence-corrected chi connectivity index (χ3v) is 29.6. The van der Waals surface area contributed by atoms with Gasteiger partial charge >= 0.3 is 0 Å². The summed E-state index contributed by atoms with van der Waals surface area (Å²) in [4.78, 5) is 26.2. The predicted octanol–water partition coefficient (Wildman–Crippen LogP) is 14.9. The summed E-state index contributed by atoms with van der Waals surface area (Å²) >= 11 is 0. The van der Waals surface area contributed by atoms with Gasteiger partial charge in [0.25, 0.3) is 0 Å². The Morgan fingerprint density at radius 2 is 0.387 bits per heavy atom. The SMILES string of the molecule is Cc1[c-]c(C)c2c(c1N)CN1CN2Cc2[c-]c(N)c(O)c(C)c21.Cc1[c-]c(C)c2c(c1O)CN1CN2Cc2c(O)c(N)[c-]c(C)c21.Cc1[c-]c2c(c(C)c1O)N1Cc3[c-]c(N)c(O)c(C)c3N(C2)C1.Cc1[c-]c2c(c(O)c1C)N1Cc3[c-]c(C)c(O)c(N)c3N(C2)C1.Cc1[c-]c2c(c(O)c1C)N1Cc3[c-]c(N)c(O)c(C)c3N(C2)C1.Cc1c(O)[c-]c2c(c1C)N1Cc3[c-]c(N)c(O)c(C)c3N(C2)C1.[Y].[Y].[Y].[Y].[Y].[Y].[Y].[Y].[Y].[Y].[Y].[Y]. The Balaban J connectivity index is 0.000000240. The van der Waals surface area contributed by atoms with Gasteiger partial charge in [0.05, 0.1) is 40.0 Å². The van der Waals surface area contributed by atoms with Crippen LogP contribution in [-0.4, -0.2) is 96.2 Å². The van der Waals surface area contributed by atoms with E-state index in [1.165, 1.54) is 5.69 Å². The molecule has 12 aliphatic heterocycles. The first-order valence-corrected chi connectivity index (χ1v) is 46.0. The first-order valence-electron chi connectivity index (χ1n) is 46.0. The smallest absolute Gasteiger partial charge is 0.0697 e. The number of anilines is 19. The van der Waals surface area contributed by atoms with Crippen molar-refractivity contribution < 1.29 is 449 Å². The summed E-state index contributed by atoms with van der Waals surface area (Å²) in [7, 11) is 0. The molecule has 24 rings (SSSR count). The van der Waals surface area contributed by atoms with E-state index in [2.05, 4.69) is 139 Å². The van der Waals surface area contributed by atoms with E-state index >= 15 is 0 Å². The van der Waals surface area contributed by atoms with E-state index in [-0.39, 0.29) is 438 Å². The van der Waals surface area contributed by atoms with Gasteiger partial charge in [-0.25, -0.2) is 0 Å². The van der Waals surface area contributed by atoms with Crippen molar-refractivity contribution in [3.8, 4) is 63.2 Å². The predicted molar refractivity (Wildman–Crippen MR) is 541 cm³/mol. The minimum atomic E-state index is 0. The average molecular weight is 2920 g/mol. The molecule has 42 heteroatoms. The standard InChI is InChI=1S/C18H20N4O.5C18H19N3O2.12Y/c1-9-4-10(2)16-13(15(9)20)7-22-8-21(16)6-12-5-14(19)18(23)11(3)17(12)22;1-9-10(2)16-13(5-15(9)22)7-21-8-20(16)6-12-4-14(19)18(23)11(3)17(12)21;1-9-4-12-6-20-8-21(15(12)10(2)17(9)22)7-13-5-14(19)18(23)11(3)16(13)20;1-9-4-12-6-20-8-21(16(12)18(23)10(9)2)7-13-5-14(19)17(22)11(3)15(13)20;1-9-4-13-7-20-8-21(16(13)18(23)11(9)3)6-12-5-10(2)17(22)14(19)15(12)20;1-9-4-11(3)17(22)12-6-20-8-21(15(9)12)7-13-16(20)10(2)5-14(19)18(13)23;;;;;;;;;;;;/h23H,6-8,19-20H2,1-3H3;5*22-23H,6-8,19H2,1-3H3;;;;;;;;;;;;/q6*-2;;;;;;;;;;;;. The zero-order chi connectivity index (χ0) is 98.8. The number of rotatable bonds is 0. The van der Waals surface area contributed by atoms with Crippen LogP contribution >= 0.6 is 0 Å². The second-order valence-corrected chi connectivity index (χ2v) is 38.6. The van der Waals surface area contributed by atoms with Gasteiger partial charge in [0.2, 0.25) is 0 Å². The number of nitrogen functional groups attached to an aromatic ring is 7. The Morgan fingerprint density at radius 1 is 0.160 bits per heavy atom. The Morgan fingerprint density at radius 3 is 0.747 bits per heavy atom. The number of nitrogens with zero attached hydrogens (tertiary/aromatic N) is 12. The van der Waals surface area contributed by atoms with Gasteiger partial charge in [-0.15, -0.1) is 142 Å². The molecule has 30 nitrogen and oxygen atoms in total. The summed E-state index contributed by atoms with van der Waals surface area (Å²) in [6.45, 7) is 46.7. The number of phenolic OH excluding ortho intramolecular Hbond substituents is 11. The van der Waals surface area contributed by atoms with Crippen LogP contribution in [0.5, 0.6) is 63.2 Å². The van der Waals surface area contributed by atoms with Crippen molar-refractivity contribution in [2.45, 2.75) is 203 Å². The number of aryl methyl sites for hydroxylation is 9. The van der Waals surface area contributed by atoms with E-state index in [1.54, 1.807) is 6.92 Å². The Kier molecular flexibility index (Phi) is 47.2. The van der Waals surface area contributed by atoms with Crippen molar-refractivity contribution in [1.82, 2.24) is 0 Å². The molecule has 0 fully saturated rings. The molecule has 756 valence electrons. The molecule has 0 atom stereocenters. The van der Waals surface area contributed by atoms with E-state index in [9.17, 15) is 56.2 Å². The van der Waals surface area contributed by atoms with E-state index in [0.29, 0.717) is 142 Å². The van der Waals surface area contributed by atoms with Crippen molar-refractivity contribution >= 4 is 108 Å². The number of nitrogens with two attached hydrogens (primary N) is 7. The molecule has 0 spiro atoms. The summed E-state index contributed by atoms with van der Waals surface area (Å²) < 4.78 is 0. The second-order valence-electron chi connectivity index (χ2n) is 38.6. The number of fused-ring (bicyclic) bond motifs is 36. The van der Waals surface area contributed by atoms with Crippen molar-refractivity contribution in [2.75, 3.05) is 139 Å². The molecule has 0 unspecified atom stereocenters. The molecular weight excluding hydrogens is 2810 g/mol. The maximum absolute atomic E-state index is 10.6. The van der Waals surface area contributed by atoms with Crippen molar-refractivity contribution in [3.63, 3.8) is 0 Å². The fourth-order valence-corrected chi connectivity index (χ4v) is 22.8. The molecule has 0 saturated carbocycles. The Labute approximate surface area is 1180 Å². The molecule has 12 bridgehead atoms. The van der Waals surface area contributed by atoms with Gasteiger partial charge < -0.3 is 155 Å². The average Bonchev–Trinajstić information content (AvgIpc) is 0.751. The van der Waals surface area contributed by atoms with Gasteiger partial charge in [0, 0.05) is 534 Å². The van der Waals surface area contributed by atoms with Crippen LogP contribution in [0.1, 0.15) is 167 Å². The van der Waals surface area contributed by atoms with Gasteiger partial charge in [0.15, 0.2) is 0 Å². The van der Waals surface area contributed by atoms with Crippen molar-refractivity contribution in [1.29, 1.82) is 0 Å². The van der Waals surface area contributed by atoms with Crippen LogP contribution in [0.15, 0.2) is 0 Å². The Bertz CT molecular complexity index is 6320. The maximum Gasteiger partial charge on any atom is 0.0697 e. The molecule has 25 N–H and O–H groups in total. The summed E-state index contributed by atoms with van der Waals surface area (Å²) in [5.41, 5.74) is 84.2. The zero-order valence-electron chi connectivity index (χ0n) is 88.0. The van der Waals surface area contributed by atoms with Gasteiger partial charge in [0.1, 0.15) is 0 Å². The molecule has 0 amide bonds. The van der Waals surface area contributed by atoms with Crippen LogP contribution in [0.3, 0.4) is 0 Å². The monoisotopic (exact) mass is 2920 g/mol. The number of phenols is 11.